The Morgan fingerprint density at radius 3 is 2.90 bits per heavy atom. The lowest BCUT2D eigenvalue weighted by Gasteiger charge is -2.21. The summed E-state index contributed by atoms with van der Waals surface area (Å²) in [5, 5.41) is 9.71. The molecule has 0 radical (unpaired) electrons. The molecule has 1 aliphatic rings. The predicted octanol–water partition coefficient (Wildman–Crippen LogP) is 3.57. The Morgan fingerprint density at radius 1 is 1.40 bits per heavy atom. The summed E-state index contributed by atoms with van der Waals surface area (Å²) in [7, 11) is 0. The van der Waals surface area contributed by atoms with Crippen molar-refractivity contribution in [1.29, 1.82) is 0 Å². The van der Waals surface area contributed by atoms with Crippen LogP contribution < -0.4 is 0 Å². The summed E-state index contributed by atoms with van der Waals surface area (Å²) in [5.41, 5.74) is -0.193. The first kappa shape index (κ1) is 14.8. The van der Waals surface area contributed by atoms with E-state index in [9.17, 15) is 14.3 Å². The molecule has 1 aromatic rings. The molecular weight excluding hydrogens is 257 g/mol. The van der Waals surface area contributed by atoms with Crippen molar-refractivity contribution in [3.8, 4) is 5.75 Å². The molecule has 0 aromatic heterocycles. The van der Waals surface area contributed by atoms with Crippen molar-refractivity contribution in [2.45, 2.75) is 39.0 Å². The number of hydrogen-bond acceptors (Lipinski definition) is 2. The van der Waals surface area contributed by atoms with Crippen LogP contribution in [0.4, 0.5) is 4.39 Å². The molecule has 1 unspecified atom stereocenters. The Bertz CT molecular complexity index is 455. The van der Waals surface area contributed by atoms with E-state index in [1.54, 1.807) is 4.90 Å². The number of benzene rings is 1. The van der Waals surface area contributed by atoms with Crippen molar-refractivity contribution in [2.75, 3.05) is 13.1 Å². The fourth-order valence-corrected chi connectivity index (χ4v) is 2.95. The summed E-state index contributed by atoms with van der Waals surface area (Å²) >= 11 is 0. The molecule has 1 saturated heterocycles. The molecule has 1 aliphatic heterocycles. The van der Waals surface area contributed by atoms with E-state index in [4.69, 9.17) is 0 Å². The molecule has 0 spiro atoms. The molecule has 1 atom stereocenters. The molecule has 1 aromatic carbocycles. The van der Waals surface area contributed by atoms with Gasteiger partial charge in [0.15, 0.2) is 0 Å². The van der Waals surface area contributed by atoms with E-state index in [1.165, 1.54) is 24.6 Å². The van der Waals surface area contributed by atoms with Gasteiger partial charge in [0.1, 0.15) is 17.1 Å². The van der Waals surface area contributed by atoms with Gasteiger partial charge in [-0.1, -0.05) is 25.8 Å². The fourth-order valence-electron chi connectivity index (χ4n) is 2.95. The van der Waals surface area contributed by atoms with Crippen molar-refractivity contribution in [3.05, 3.63) is 29.6 Å². The van der Waals surface area contributed by atoms with E-state index in [2.05, 4.69) is 6.92 Å². The Morgan fingerprint density at radius 2 is 2.20 bits per heavy atom. The van der Waals surface area contributed by atoms with Gasteiger partial charge in [0, 0.05) is 13.1 Å². The average molecular weight is 279 g/mol. The van der Waals surface area contributed by atoms with Crippen LogP contribution in [0.25, 0.3) is 0 Å². The number of rotatable bonds is 3. The lowest BCUT2D eigenvalue weighted by molar-refractivity contribution is 0.0752. The molecular formula is C16H22FNO2. The van der Waals surface area contributed by atoms with Gasteiger partial charge in [-0.25, -0.2) is 4.39 Å². The number of carbonyl (C=O) groups excluding carboxylic acids is 1. The zero-order valence-corrected chi connectivity index (χ0v) is 11.9. The third-order valence-electron chi connectivity index (χ3n) is 4.04. The minimum absolute atomic E-state index is 0.193. The number of hydrogen-bond donors (Lipinski definition) is 1. The lowest BCUT2D eigenvalue weighted by atomic mass is 9.96. The molecule has 20 heavy (non-hydrogen) atoms. The average Bonchev–Trinajstić information content (AvgIpc) is 2.64. The number of amides is 1. The normalized spacial score (nSPS) is 19.7. The van der Waals surface area contributed by atoms with E-state index in [-0.39, 0.29) is 11.3 Å². The van der Waals surface area contributed by atoms with Crippen LogP contribution in [0.5, 0.6) is 5.75 Å². The number of phenols is 1. The molecule has 1 amide bonds. The highest BCUT2D eigenvalue weighted by Gasteiger charge is 2.25. The Hall–Kier alpha value is -1.58. The van der Waals surface area contributed by atoms with Crippen LogP contribution in [-0.4, -0.2) is 29.0 Å². The van der Waals surface area contributed by atoms with Crippen LogP contribution in [0.15, 0.2) is 18.2 Å². The second kappa shape index (κ2) is 6.73. The molecule has 0 saturated carbocycles. The SMILES string of the molecule is CCCC1CCCN(C(=O)c2c(O)cccc2F)CC1. The Kier molecular flexibility index (Phi) is 4.99. The maximum atomic E-state index is 13.7. The van der Waals surface area contributed by atoms with Crippen LogP contribution in [0.2, 0.25) is 0 Å². The first-order valence-corrected chi connectivity index (χ1v) is 7.40. The van der Waals surface area contributed by atoms with Crippen molar-refractivity contribution in [1.82, 2.24) is 4.90 Å². The van der Waals surface area contributed by atoms with Gasteiger partial charge in [0.2, 0.25) is 0 Å². The van der Waals surface area contributed by atoms with E-state index < -0.39 is 11.7 Å². The molecule has 110 valence electrons. The molecule has 3 nitrogen and oxygen atoms in total. The maximum Gasteiger partial charge on any atom is 0.260 e. The summed E-state index contributed by atoms with van der Waals surface area (Å²) in [6.07, 6.45) is 5.39. The van der Waals surface area contributed by atoms with Gasteiger partial charge in [-0.3, -0.25) is 4.79 Å². The lowest BCUT2D eigenvalue weighted by Crippen LogP contribution is -2.32. The Labute approximate surface area is 119 Å². The number of phenolic OH excluding ortho intramolecular Hbond substituents is 1. The molecule has 4 heteroatoms. The number of nitrogens with zero attached hydrogens (tertiary/aromatic N) is 1. The van der Waals surface area contributed by atoms with Gasteiger partial charge in [-0.05, 0) is 37.3 Å². The van der Waals surface area contributed by atoms with Crippen LogP contribution >= 0.6 is 0 Å². The van der Waals surface area contributed by atoms with Crippen LogP contribution in [0.1, 0.15) is 49.4 Å². The second-order valence-electron chi connectivity index (χ2n) is 5.51. The van der Waals surface area contributed by atoms with Gasteiger partial charge in [0.25, 0.3) is 5.91 Å². The Balaban J connectivity index is 2.10. The monoisotopic (exact) mass is 279 g/mol. The van der Waals surface area contributed by atoms with Gasteiger partial charge < -0.3 is 10.0 Å². The molecule has 1 fully saturated rings. The minimum atomic E-state index is -0.649. The minimum Gasteiger partial charge on any atom is -0.507 e. The van der Waals surface area contributed by atoms with Crippen molar-refractivity contribution in [3.63, 3.8) is 0 Å². The standard InChI is InChI=1S/C16H22FNO2/c1-2-5-12-6-4-10-18(11-9-12)16(20)15-13(17)7-3-8-14(15)19/h3,7-8,12,19H,2,4-6,9-11H2,1H3. The van der Waals surface area contributed by atoms with E-state index in [0.29, 0.717) is 19.0 Å². The van der Waals surface area contributed by atoms with Crippen molar-refractivity contribution >= 4 is 5.91 Å². The molecule has 0 bridgehead atoms. The fraction of sp³-hybridized carbons (Fsp3) is 0.562. The summed E-state index contributed by atoms with van der Waals surface area (Å²) in [6.45, 7) is 3.47. The highest BCUT2D eigenvalue weighted by Crippen LogP contribution is 2.26. The molecule has 1 heterocycles. The predicted molar refractivity (Wildman–Crippen MR) is 76.2 cm³/mol. The van der Waals surface area contributed by atoms with Crippen LogP contribution in [0, 0.1) is 11.7 Å². The summed E-state index contributed by atoms with van der Waals surface area (Å²) < 4.78 is 13.7. The third kappa shape index (κ3) is 3.30. The first-order valence-electron chi connectivity index (χ1n) is 7.40. The van der Waals surface area contributed by atoms with E-state index >= 15 is 0 Å². The van der Waals surface area contributed by atoms with Gasteiger partial charge >= 0.3 is 0 Å². The third-order valence-corrected chi connectivity index (χ3v) is 4.04. The maximum absolute atomic E-state index is 13.7. The van der Waals surface area contributed by atoms with Crippen molar-refractivity contribution < 1.29 is 14.3 Å². The highest BCUT2D eigenvalue weighted by atomic mass is 19.1. The summed E-state index contributed by atoms with van der Waals surface area (Å²) in [6, 6.07) is 3.97. The number of likely N-dealkylation sites (tertiary alicyclic amines) is 1. The zero-order chi connectivity index (χ0) is 14.5. The second-order valence-corrected chi connectivity index (χ2v) is 5.51. The molecule has 1 N–H and O–H groups in total. The highest BCUT2D eigenvalue weighted by molar-refractivity contribution is 5.97. The quantitative estimate of drug-likeness (QED) is 0.918. The van der Waals surface area contributed by atoms with Crippen LogP contribution in [0.3, 0.4) is 0 Å². The van der Waals surface area contributed by atoms with Gasteiger partial charge in [-0.2, -0.15) is 0 Å². The zero-order valence-electron chi connectivity index (χ0n) is 11.9. The number of carbonyl (C=O) groups is 1. The number of aromatic hydroxyl groups is 1. The van der Waals surface area contributed by atoms with E-state index in [0.717, 1.165) is 25.7 Å². The summed E-state index contributed by atoms with van der Waals surface area (Å²) in [5.74, 6) is -0.654. The van der Waals surface area contributed by atoms with Crippen LogP contribution in [-0.2, 0) is 0 Å². The molecule has 0 aliphatic carbocycles. The smallest absolute Gasteiger partial charge is 0.260 e. The topological polar surface area (TPSA) is 40.5 Å². The largest absolute Gasteiger partial charge is 0.507 e. The van der Waals surface area contributed by atoms with E-state index in [1.807, 2.05) is 0 Å². The number of halogens is 1. The van der Waals surface area contributed by atoms with Gasteiger partial charge in [-0.15, -0.1) is 0 Å². The first-order chi connectivity index (χ1) is 9.63. The van der Waals surface area contributed by atoms with Crippen molar-refractivity contribution in [2.24, 2.45) is 5.92 Å². The molecule has 2 rings (SSSR count). The van der Waals surface area contributed by atoms with Gasteiger partial charge in [0.05, 0.1) is 0 Å². The summed E-state index contributed by atoms with van der Waals surface area (Å²) in [4.78, 5) is 14.1.